The molecule has 4 rings (SSSR count). The van der Waals surface area contributed by atoms with E-state index < -0.39 is 11.6 Å². The normalized spacial score (nSPS) is 11.0. The van der Waals surface area contributed by atoms with Gasteiger partial charge in [0, 0.05) is 29.5 Å². The van der Waals surface area contributed by atoms with Crippen LogP contribution in [0.3, 0.4) is 0 Å². The molecule has 4 aromatic rings. The molecule has 0 unspecified atom stereocenters. The van der Waals surface area contributed by atoms with Gasteiger partial charge in [-0.15, -0.1) is 0 Å². The van der Waals surface area contributed by atoms with Crippen LogP contribution >= 0.6 is 0 Å². The minimum Gasteiger partial charge on any atom is -0.426 e. The smallest absolute Gasteiger partial charge is 0.336 e. The molecule has 2 heterocycles. The molecule has 0 radical (unpaired) electrons. The van der Waals surface area contributed by atoms with E-state index in [0.717, 1.165) is 10.9 Å². The quantitative estimate of drug-likeness (QED) is 0.269. The van der Waals surface area contributed by atoms with Crippen molar-refractivity contribution >= 4 is 16.9 Å². The van der Waals surface area contributed by atoms with Gasteiger partial charge in [-0.05, 0) is 48.4 Å². The maximum atomic E-state index is 13.0. The first-order chi connectivity index (χ1) is 14.5. The summed E-state index contributed by atoms with van der Waals surface area (Å²) in [4.78, 5) is 28.0. The van der Waals surface area contributed by atoms with Crippen molar-refractivity contribution in [3.05, 3.63) is 76.2 Å². The van der Waals surface area contributed by atoms with Gasteiger partial charge in [-0.3, -0.25) is 4.79 Å². The second-order valence-corrected chi connectivity index (χ2v) is 6.59. The Balaban J connectivity index is 1.40. The van der Waals surface area contributed by atoms with Gasteiger partial charge in [0.05, 0.1) is 6.42 Å². The molecule has 0 aliphatic rings. The first-order valence-electron chi connectivity index (χ1n) is 9.38. The molecule has 0 bridgehead atoms. The standard InChI is InChI=1S/C22H17FN2O5/c1-2-13-11-21(27)29-18-12-16(7-8-17(13)18)28-20(26)10-9-19-24-22(25-30-19)14-3-5-15(23)6-4-14/h3-8,11-12H,2,9-10H2,1H3. The molecule has 0 atom stereocenters. The van der Waals surface area contributed by atoms with Crippen molar-refractivity contribution in [2.24, 2.45) is 0 Å². The van der Waals surface area contributed by atoms with Crippen LogP contribution in [0.5, 0.6) is 5.75 Å². The fourth-order valence-electron chi connectivity index (χ4n) is 3.03. The van der Waals surface area contributed by atoms with Gasteiger partial charge < -0.3 is 13.7 Å². The SMILES string of the molecule is CCc1cc(=O)oc2cc(OC(=O)CCc3nc(-c4ccc(F)cc4)no3)ccc12. The summed E-state index contributed by atoms with van der Waals surface area (Å²) in [5.41, 5.74) is 1.40. The number of nitrogens with zero attached hydrogens (tertiary/aromatic N) is 2. The molecule has 8 heteroatoms. The summed E-state index contributed by atoms with van der Waals surface area (Å²) in [5, 5.41) is 4.64. The molecule has 0 saturated carbocycles. The molecule has 0 saturated heterocycles. The fourth-order valence-corrected chi connectivity index (χ4v) is 3.03. The van der Waals surface area contributed by atoms with E-state index in [9.17, 15) is 14.0 Å². The van der Waals surface area contributed by atoms with Gasteiger partial charge >= 0.3 is 11.6 Å². The van der Waals surface area contributed by atoms with Gasteiger partial charge in [0.1, 0.15) is 17.1 Å². The summed E-state index contributed by atoms with van der Waals surface area (Å²) < 4.78 is 28.7. The van der Waals surface area contributed by atoms with Crippen molar-refractivity contribution in [1.29, 1.82) is 0 Å². The number of hydrogen-bond acceptors (Lipinski definition) is 7. The number of benzene rings is 2. The van der Waals surface area contributed by atoms with Crippen LogP contribution in [0.25, 0.3) is 22.4 Å². The number of ether oxygens (including phenoxy) is 1. The minimum atomic E-state index is -0.495. The Hall–Kier alpha value is -3.81. The topological polar surface area (TPSA) is 95.4 Å². The first-order valence-corrected chi connectivity index (χ1v) is 9.38. The zero-order valence-corrected chi connectivity index (χ0v) is 16.1. The monoisotopic (exact) mass is 408 g/mol. The first kappa shape index (κ1) is 19.5. The molecular formula is C22H17FN2O5. The van der Waals surface area contributed by atoms with Gasteiger partial charge in [0.2, 0.25) is 11.7 Å². The van der Waals surface area contributed by atoms with E-state index in [0.29, 0.717) is 23.4 Å². The van der Waals surface area contributed by atoms with Gasteiger partial charge in [0.15, 0.2) is 0 Å². The molecule has 0 aliphatic carbocycles. The molecule has 30 heavy (non-hydrogen) atoms. The van der Waals surface area contributed by atoms with E-state index >= 15 is 0 Å². The van der Waals surface area contributed by atoms with Crippen molar-refractivity contribution in [3.8, 4) is 17.1 Å². The summed E-state index contributed by atoms with van der Waals surface area (Å²) >= 11 is 0. The predicted molar refractivity (Wildman–Crippen MR) is 106 cm³/mol. The molecule has 0 N–H and O–H groups in total. The number of aromatic nitrogens is 2. The van der Waals surface area contributed by atoms with Crippen LogP contribution in [-0.4, -0.2) is 16.1 Å². The Kier molecular flexibility index (Phi) is 5.38. The van der Waals surface area contributed by atoms with Crippen molar-refractivity contribution in [1.82, 2.24) is 10.1 Å². The number of halogens is 1. The average Bonchev–Trinajstić information content (AvgIpc) is 3.21. The molecule has 0 aliphatic heterocycles. The van der Waals surface area contributed by atoms with E-state index in [1.807, 2.05) is 6.92 Å². The van der Waals surface area contributed by atoms with Crippen LogP contribution in [-0.2, 0) is 17.6 Å². The van der Waals surface area contributed by atoms with Gasteiger partial charge in [-0.1, -0.05) is 12.1 Å². The lowest BCUT2D eigenvalue weighted by molar-refractivity contribution is -0.134. The number of aryl methyl sites for hydroxylation is 2. The molecule has 0 amide bonds. The van der Waals surface area contributed by atoms with E-state index in [2.05, 4.69) is 10.1 Å². The molecule has 152 valence electrons. The van der Waals surface area contributed by atoms with Crippen molar-refractivity contribution in [3.63, 3.8) is 0 Å². The largest absolute Gasteiger partial charge is 0.426 e. The highest BCUT2D eigenvalue weighted by molar-refractivity contribution is 5.82. The van der Waals surface area contributed by atoms with Gasteiger partial charge in [0.25, 0.3) is 0 Å². The summed E-state index contributed by atoms with van der Waals surface area (Å²) in [6.45, 7) is 1.95. The minimum absolute atomic E-state index is 0.0159. The lowest BCUT2D eigenvalue weighted by Gasteiger charge is -2.06. The van der Waals surface area contributed by atoms with E-state index in [1.54, 1.807) is 24.3 Å². The molecule has 0 fully saturated rings. The number of hydrogen-bond donors (Lipinski definition) is 0. The summed E-state index contributed by atoms with van der Waals surface area (Å²) in [5.74, 6) is 0.00781. The van der Waals surface area contributed by atoms with Crippen LogP contribution in [0.2, 0.25) is 0 Å². The highest BCUT2D eigenvalue weighted by atomic mass is 19.1. The number of rotatable bonds is 6. The van der Waals surface area contributed by atoms with Crippen LogP contribution in [0, 0.1) is 5.82 Å². The van der Waals surface area contributed by atoms with Crippen LogP contribution in [0.1, 0.15) is 24.8 Å². The summed E-state index contributed by atoms with van der Waals surface area (Å²) in [6, 6.07) is 12.1. The second kappa shape index (κ2) is 8.28. The van der Waals surface area contributed by atoms with Crippen molar-refractivity contribution in [2.75, 3.05) is 0 Å². The summed E-state index contributed by atoms with van der Waals surface area (Å²) in [6.07, 6.45) is 0.892. The number of carbonyl (C=O) groups is 1. The molecular weight excluding hydrogens is 391 g/mol. The molecule has 0 spiro atoms. The van der Waals surface area contributed by atoms with E-state index in [-0.39, 0.29) is 30.3 Å². The summed E-state index contributed by atoms with van der Waals surface area (Å²) in [7, 11) is 0. The second-order valence-electron chi connectivity index (χ2n) is 6.59. The number of fused-ring (bicyclic) bond motifs is 1. The van der Waals surface area contributed by atoms with Crippen LogP contribution < -0.4 is 10.4 Å². The third-order valence-electron chi connectivity index (χ3n) is 4.53. The van der Waals surface area contributed by atoms with Crippen molar-refractivity contribution < 1.29 is 22.9 Å². The lowest BCUT2D eigenvalue weighted by atomic mass is 10.1. The third kappa shape index (κ3) is 4.27. The Labute approximate surface area is 170 Å². The highest BCUT2D eigenvalue weighted by Gasteiger charge is 2.13. The lowest BCUT2D eigenvalue weighted by Crippen LogP contribution is -2.09. The zero-order valence-electron chi connectivity index (χ0n) is 16.1. The third-order valence-corrected chi connectivity index (χ3v) is 4.53. The molecule has 2 aromatic heterocycles. The fraction of sp³-hybridized carbons (Fsp3) is 0.182. The Morgan fingerprint density at radius 2 is 1.93 bits per heavy atom. The van der Waals surface area contributed by atoms with Crippen LogP contribution in [0.4, 0.5) is 4.39 Å². The predicted octanol–water partition coefficient (Wildman–Crippen LogP) is 4.08. The van der Waals surface area contributed by atoms with Crippen molar-refractivity contribution in [2.45, 2.75) is 26.2 Å². The highest BCUT2D eigenvalue weighted by Crippen LogP contribution is 2.23. The zero-order chi connectivity index (χ0) is 21.1. The number of esters is 1. The van der Waals surface area contributed by atoms with E-state index in [1.165, 1.54) is 24.3 Å². The maximum Gasteiger partial charge on any atom is 0.336 e. The van der Waals surface area contributed by atoms with Gasteiger partial charge in [-0.2, -0.15) is 4.98 Å². The molecule has 7 nitrogen and oxygen atoms in total. The maximum absolute atomic E-state index is 13.0. The number of carbonyl (C=O) groups excluding carboxylic acids is 1. The Morgan fingerprint density at radius 1 is 1.13 bits per heavy atom. The van der Waals surface area contributed by atoms with Crippen LogP contribution in [0.15, 0.2) is 62.3 Å². The average molecular weight is 408 g/mol. The Morgan fingerprint density at radius 3 is 2.70 bits per heavy atom. The Bertz CT molecular complexity index is 1260. The van der Waals surface area contributed by atoms with Gasteiger partial charge in [-0.25, -0.2) is 9.18 Å². The van der Waals surface area contributed by atoms with E-state index in [4.69, 9.17) is 13.7 Å². The molecule has 2 aromatic carbocycles.